The summed E-state index contributed by atoms with van der Waals surface area (Å²) in [5.41, 5.74) is 9.02. The van der Waals surface area contributed by atoms with Crippen LogP contribution in [-0.4, -0.2) is 23.8 Å². The van der Waals surface area contributed by atoms with Crippen molar-refractivity contribution < 1.29 is 9.53 Å². The average Bonchev–Trinajstić information content (AvgIpc) is 2.97. The topological polar surface area (TPSA) is 55.6 Å². The monoisotopic (exact) mass is 375 g/mol. The Morgan fingerprint density at radius 2 is 1.75 bits per heavy atom. The van der Waals surface area contributed by atoms with Crippen molar-refractivity contribution in [3.8, 4) is 11.4 Å². The molecule has 0 saturated heterocycles. The molecule has 0 unspecified atom stereocenters. The number of nitrogens with zero attached hydrogens (tertiary/aromatic N) is 2. The molecule has 0 bridgehead atoms. The molecule has 0 saturated carbocycles. The molecule has 0 fully saturated rings. The molecule has 5 heteroatoms. The second-order valence-corrected chi connectivity index (χ2v) is 6.82. The van der Waals surface area contributed by atoms with Gasteiger partial charge in [-0.1, -0.05) is 29.8 Å². The fourth-order valence-electron chi connectivity index (χ4n) is 3.15. The molecule has 0 aliphatic rings. The number of rotatable bonds is 6. The summed E-state index contributed by atoms with van der Waals surface area (Å²) in [6, 6.07) is 17.9. The molecule has 5 nitrogen and oxygen atoms in total. The second-order valence-electron chi connectivity index (χ2n) is 6.82. The zero-order valence-electron chi connectivity index (χ0n) is 16.7. The molecule has 3 rings (SSSR count). The highest BCUT2D eigenvalue weighted by molar-refractivity contribution is 5.84. The Balaban J connectivity index is 1.66. The number of hydrogen-bond acceptors (Lipinski definition) is 3. The second kappa shape index (κ2) is 8.57. The first-order valence-corrected chi connectivity index (χ1v) is 9.18. The Labute approximate surface area is 165 Å². The van der Waals surface area contributed by atoms with E-state index in [1.807, 2.05) is 31.2 Å². The Kier molecular flexibility index (Phi) is 5.94. The predicted octanol–water partition coefficient (Wildman–Crippen LogP) is 4.10. The normalized spacial score (nSPS) is 11.0. The van der Waals surface area contributed by atoms with Crippen LogP contribution in [0.25, 0.3) is 5.69 Å². The summed E-state index contributed by atoms with van der Waals surface area (Å²) in [7, 11) is 1.62. The highest BCUT2D eigenvalue weighted by Gasteiger charge is 2.09. The van der Waals surface area contributed by atoms with Gasteiger partial charge in [0.25, 0.3) is 0 Å². The van der Waals surface area contributed by atoms with E-state index in [-0.39, 0.29) is 12.3 Å². The number of benzene rings is 2. The van der Waals surface area contributed by atoms with Crippen molar-refractivity contribution in [2.75, 3.05) is 7.11 Å². The van der Waals surface area contributed by atoms with Crippen LogP contribution in [0.4, 0.5) is 0 Å². The quantitative estimate of drug-likeness (QED) is 0.521. The Bertz CT molecular complexity index is 984. The summed E-state index contributed by atoms with van der Waals surface area (Å²) in [4.78, 5) is 12.1. The maximum Gasteiger partial charge on any atom is 0.244 e. The van der Waals surface area contributed by atoms with Gasteiger partial charge >= 0.3 is 0 Å². The Morgan fingerprint density at radius 3 is 2.39 bits per heavy atom. The van der Waals surface area contributed by atoms with Crippen LogP contribution in [-0.2, 0) is 11.2 Å². The minimum atomic E-state index is -0.159. The number of hydrogen-bond donors (Lipinski definition) is 1. The van der Waals surface area contributed by atoms with E-state index in [9.17, 15) is 4.79 Å². The number of ether oxygens (including phenoxy) is 1. The van der Waals surface area contributed by atoms with Crippen LogP contribution in [0.3, 0.4) is 0 Å². The zero-order valence-corrected chi connectivity index (χ0v) is 16.7. The summed E-state index contributed by atoms with van der Waals surface area (Å²) in [5, 5.41) is 4.13. The number of aryl methyl sites for hydroxylation is 2. The summed E-state index contributed by atoms with van der Waals surface area (Å²) < 4.78 is 7.30. The first-order chi connectivity index (χ1) is 13.5. The van der Waals surface area contributed by atoms with Crippen molar-refractivity contribution in [2.24, 2.45) is 5.10 Å². The van der Waals surface area contributed by atoms with Gasteiger partial charge in [-0.2, -0.15) is 5.10 Å². The maximum atomic E-state index is 12.1. The van der Waals surface area contributed by atoms with Crippen LogP contribution in [0.2, 0.25) is 0 Å². The zero-order chi connectivity index (χ0) is 20.1. The smallest absolute Gasteiger partial charge is 0.244 e. The van der Waals surface area contributed by atoms with Crippen LogP contribution >= 0.6 is 0 Å². The molecule has 1 aromatic heterocycles. The first kappa shape index (κ1) is 19.4. The van der Waals surface area contributed by atoms with E-state index in [0.717, 1.165) is 34.0 Å². The van der Waals surface area contributed by atoms with Crippen molar-refractivity contribution in [1.82, 2.24) is 9.99 Å². The van der Waals surface area contributed by atoms with Crippen LogP contribution in [0, 0.1) is 20.8 Å². The lowest BCUT2D eigenvalue weighted by Gasteiger charge is -2.09. The Hall–Kier alpha value is -3.34. The van der Waals surface area contributed by atoms with E-state index < -0.39 is 0 Å². The summed E-state index contributed by atoms with van der Waals surface area (Å²) in [5.74, 6) is 0.611. The summed E-state index contributed by atoms with van der Waals surface area (Å²) in [6.07, 6.45) is 1.96. The van der Waals surface area contributed by atoms with Crippen LogP contribution in [0.5, 0.6) is 5.75 Å². The van der Waals surface area contributed by atoms with Gasteiger partial charge in [0.1, 0.15) is 5.75 Å². The van der Waals surface area contributed by atoms with E-state index in [0.29, 0.717) is 0 Å². The van der Waals surface area contributed by atoms with Crippen molar-refractivity contribution >= 4 is 12.1 Å². The minimum absolute atomic E-state index is 0.159. The molecule has 1 N–H and O–H groups in total. The third kappa shape index (κ3) is 4.49. The molecule has 28 heavy (non-hydrogen) atoms. The summed E-state index contributed by atoms with van der Waals surface area (Å²) in [6.45, 7) is 6.19. The molecule has 1 amide bonds. The lowest BCUT2D eigenvalue weighted by atomic mass is 10.1. The SMILES string of the molecule is COc1ccc(CC(=O)N/N=C\c2cc(C)n(-c3ccc(C)cc3)c2C)cc1. The number of amides is 1. The molecule has 1 heterocycles. The van der Waals surface area contributed by atoms with Gasteiger partial charge in [0.15, 0.2) is 0 Å². The minimum Gasteiger partial charge on any atom is -0.497 e. The molecule has 0 aliphatic heterocycles. The largest absolute Gasteiger partial charge is 0.497 e. The van der Waals surface area contributed by atoms with Gasteiger partial charge in [-0.3, -0.25) is 4.79 Å². The number of methoxy groups -OCH3 is 1. The van der Waals surface area contributed by atoms with Crippen molar-refractivity contribution in [2.45, 2.75) is 27.2 Å². The van der Waals surface area contributed by atoms with Crippen LogP contribution in [0.15, 0.2) is 59.7 Å². The number of nitrogens with one attached hydrogen (secondary N) is 1. The van der Waals surface area contributed by atoms with E-state index in [2.05, 4.69) is 59.3 Å². The molecule has 2 aromatic carbocycles. The highest BCUT2D eigenvalue weighted by Crippen LogP contribution is 2.20. The molecular weight excluding hydrogens is 350 g/mol. The van der Waals surface area contributed by atoms with E-state index in [1.54, 1.807) is 13.3 Å². The lowest BCUT2D eigenvalue weighted by Crippen LogP contribution is -2.19. The molecule has 0 spiro atoms. The lowest BCUT2D eigenvalue weighted by molar-refractivity contribution is -0.120. The van der Waals surface area contributed by atoms with Gasteiger partial charge in [0.2, 0.25) is 5.91 Å². The van der Waals surface area contributed by atoms with Crippen molar-refractivity contribution in [3.63, 3.8) is 0 Å². The van der Waals surface area contributed by atoms with E-state index >= 15 is 0 Å². The molecule has 0 aliphatic carbocycles. The van der Waals surface area contributed by atoms with Gasteiger partial charge in [0, 0.05) is 22.6 Å². The number of carbonyl (C=O) groups is 1. The van der Waals surface area contributed by atoms with Gasteiger partial charge in [-0.25, -0.2) is 5.43 Å². The fraction of sp³-hybridized carbons (Fsp3) is 0.217. The van der Waals surface area contributed by atoms with Gasteiger partial charge in [-0.05, 0) is 56.7 Å². The third-order valence-electron chi connectivity index (χ3n) is 4.68. The van der Waals surface area contributed by atoms with Crippen molar-refractivity contribution in [1.29, 1.82) is 0 Å². The van der Waals surface area contributed by atoms with Gasteiger partial charge < -0.3 is 9.30 Å². The highest BCUT2D eigenvalue weighted by atomic mass is 16.5. The van der Waals surface area contributed by atoms with Crippen molar-refractivity contribution in [3.05, 3.63) is 82.7 Å². The third-order valence-corrected chi connectivity index (χ3v) is 4.68. The Morgan fingerprint density at radius 1 is 1.07 bits per heavy atom. The van der Waals surface area contributed by atoms with E-state index in [1.165, 1.54) is 5.56 Å². The van der Waals surface area contributed by atoms with Gasteiger partial charge in [-0.15, -0.1) is 0 Å². The molecule has 3 aromatic rings. The number of aromatic nitrogens is 1. The standard InChI is InChI=1S/C23H25N3O2/c1-16-5-9-21(10-6-16)26-17(2)13-20(18(26)3)15-24-25-23(27)14-19-7-11-22(28-4)12-8-19/h5-13,15H,14H2,1-4H3,(H,25,27)/b24-15-. The van der Waals surface area contributed by atoms with Gasteiger partial charge in [0.05, 0.1) is 19.7 Å². The first-order valence-electron chi connectivity index (χ1n) is 9.18. The molecule has 0 atom stereocenters. The molecular formula is C23H25N3O2. The summed E-state index contributed by atoms with van der Waals surface area (Å²) >= 11 is 0. The maximum absolute atomic E-state index is 12.1. The average molecular weight is 375 g/mol. The van der Waals surface area contributed by atoms with Crippen LogP contribution in [0.1, 0.15) is 28.1 Å². The number of carbonyl (C=O) groups excluding carboxylic acids is 1. The van der Waals surface area contributed by atoms with Crippen LogP contribution < -0.4 is 10.2 Å². The predicted molar refractivity (Wildman–Crippen MR) is 112 cm³/mol. The number of hydrazone groups is 1. The molecule has 0 radical (unpaired) electrons. The van der Waals surface area contributed by atoms with E-state index in [4.69, 9.17) is 4.74 Å². The molecule has 144 valence electrons. The fourth-order valence-corrected chi connectivity index (χ4v) is 3.15.